The molecule has 0 radical (unpaired) electrons. The van der Waals surface area contributed by atoms with E-state index < -0.39 is 11.8 Å². The highest BCUT2D eigenvalue weighted by Gasteiger charge is 2.10. The van der Waals surface area contributed by atoms with Crippen molar-refractivity contribution in [1.29, 1.82) is 0 Å². The normalized spacial score (nSPS) is 11.4. The van der Waals surface area contributed by atoms with Crippen molar-refractivity contribution in [3.05, 3.63) is 24.3 Å². The summed E-state index contributed by atoms with van der Waals surface area (Å²) in [7, 11) is 0. The summed E-state index contributed by atoms with van der Waals surface area (Å²) in [6.07, 6.45) is 17.7. The predicted molar refractivity (Wildman–Crippen MR) is 97.0 cm³/mol. The van der Waals surface area contributed by atoms with Crippen LogP contribution >= 0.6 is 0 Å². The lowest BCUT2D eigenvalue weighted by Crippen LogP contribution is -2.12. The molecule has 0 saturated heterocycles. The van der Waals surface area contributed by atoms with Gasteiger partial charge in [-0.15, -0.1) is 0 Å². The number of carboxylic acid groups (broad SMARTS) is 1. The highest BCUT2D eigenvalue weighted by atomic mass is 16.4. The van der Waals surface area contributed by atoms with Crippen molar-refractivity contribution in [2.45, 2.75) is 84.0 Å². The number of carboxylic acids is 1. The van der Waals surface area contributed by atoms with E-state index in [1.807, 2.05) is 0 Å². The van der Waals surface area contributed by atoms with Crippen LogP contribution in [0.5, 0.6) is 0 Å². The molecule has 0 saturated carbocycles. The maximum atomic E-state index is 11.7. The summed E-state index contributed by atoms with van der Waals surface area (Å²) >= 11 is 0. The number of hydrogen-bond acceptors (Lipinski definition) is 3. The summed E-state index contributed by atoms with van der Waals surface area (Å²) < 4.78 is 0. The largest absolute Gasteiger partial charge is 0.478 e. The molecule has 0 aromatic rings. The SMILES string of the molecule is CCCCCCCCCCCCC(=O)C(=O)CC=CC=CC(=O)O. The second-order valence-corrected chi connectivity index (χ2v) is 6.11. The Kier molecular flexibility index (Phi) is 15.0. The van der Waals surface area contributed by atoms with E-state index in [0.717, 1.165) is 25.3 Å². The van der Waals surface area contributed by atoms with Crippen molar-refractivity contribution < 1.29 is 19.5 Å². The van der Waals surface area contributed by atoms with Crippen molar-refractivity contribution in [3.63, 3.8) is 0 Å². The van der Waals surface area contributed by atoms with Crippen molar-refractivity contribution >= 4 is 17.5 Å². The minimum atomic E-state index is -1.04. The maximum absolute atomic E-state index is 11.7. The molecule has 4 heteroatoms. The van der Waals surface area contributed by atoms with Crippen LogP contribution in [0.3, 0.4) is 0 Å². The summed E-state index contributed by atoms with van der Waals surface area (Å²) in [5.74, 6) is -1.75. The Morgan fingerprint density at radius 1 is 0.750 bits per heavy atom. The zero-order chi connectivity index (χ0) is 18.0. The van der Waals surface area contributed by atoms with Crippen LogP contribution in [0, 0.1) is 0 Å². The lowest BCUT2D eigenvalue weighted by atomic mass is 10.0. The first-order chi connectivity index (χ1) is 11.6. The molecule has 0 atom stereocenters. The zero-order valence-electron chi connectivity index (χ0n) is 15.0. The van der Waals surface area contributed by atoms with Gasteiger partial charge in [0.05, 0.1) is 0 Å². The van der Waals surface area contributed by atoms with E-state index in [4.69, 9.17) is 5.11 Å². The number of hydrogen-bond donors (Lipinski definition) is 1. The molecule has 0 amide bonds. The molecule has 0 unspecified atom stereocenters. The molecule has 0 aliphatic heterocycles. The van der Waals surface area contributed by atoms with E-state index in [0.29, 0.717) is 6.42 Å². The minimum Gasteiger partial charge on any atom is -0.478 e. The molecule has 0 aliphatic rings. The Morgan fingerprint density at radius 3 is 1.83 bits per heavy atom. The van der Waals surface area contributed by atoms with Crippen molar-refractivity contribution in [1.82, 2.24) is 0 Å². The first-order valence-corrected chi connectivity index (χ1v) is 9.20. The number of aliphatic carboxylic acids is 1. The van der Waals surface area contributed by atoms with Gasteiger partial charge in [-0.1, -0.05) is 82.9 Å². The molecule has 0 aromatic carbocycles. The highest BCUT2D eigenvalue weighted by Crippen LogP contribution is 2.11. The molecule has 0 rings (SSSR count). The number of ketones is 2. The molecule has 24 heavy (non-hydrogen) atoms. The quantitative estimate of drug-likeness (QED) is 0.186. The number of rotatable bonds is 16. The predicted octanol–water partition coefficient (Wildman–Crippen LogP) is 5.02. The van der Waals surface area contributed by atoms with Gasteiger partial charge < -0.3 is 5.11 Å². The van der Waals surface area contributed by atoms with Crippen LogP contribution in [-0.2, 0) is 14.4 Å². The molecule has 0 spiro atoms. The van der Waals surface area contributed by atoms with Gasteiger partial charge in [-0.05, 0) is 6.42 Å². The third-order valence-corrected chi connectivity index (χ3v) is 3.86. The number of carbonyl (C=O) groups excluding carboxylic acids is 2. The lowest BCUT2D eigenvalue weighted by molar-refractivity contribution is -0.136. The second-order valence-electron chi connectivity index (χ2n) is 6.11. The van der Waals surface area contributed by atoms with Crippen LogP contribution < -0.4 is 0 Å². The summed E-state index contributed by atoms with van der Waals surface area (Å²) in [5, 5.41) is 8.39. The minimum absolute atomic E-state index is 0.0422. The summed E-state index contributed by atoms with van der Waals surface area (Å²) in [5.41, 5.74) is 0. The van der Waals surface area contributed by atoms with E-state index in [1.165, 1.54) is 63.2 Å². The van der Waals surface area contributed by atoms with E-state index in [2.05, 4.69) is 6.92 Å². The van der Waals surface area contributed by atoms with E-state index in [1.54, 1.807) is 0 Å². The average molecular weight is 336 g/mol. The Morgan fingerprint density at radius 2 is 1.29 bits per heavy atom. The molecule has 0 aromatic heterocycles. The molecule has 136 valence electrons. The Bertz CT molecular complexity index is 421. The zero-order valence-corrected chi connectivity index (χ0v) is 15.0. The fraction of sp³-hybridized carbons (Fsp3) is 0.650. The molecular weight excluding hydrogens is 304 g/mol. The average Bonchev–Trinajstić information content (AvgIpc) is 2.55. The third kappa shape index (κ3) is 15.2. The van der Waals surface area contributed by atoms with Crippen molar-refractivity contribution in [3.8, 4) is 0 Å². The highest BCUT2D eigenvalue weighted by molar-refractivity contribution is 6.37. The first-order valence-electron chi connectivity index (χ1n) is 9.20. The number of Topliss-reactive ketones (excluding diaryl/α,β-unsaturated/α-hetero) is 2. The van der Waals surface area contributed by atoms with Gasteiger partial charge in [0.1, 0.15) is 0 Å². The Labute approximate surface area is 146 Å². The van der Waals surface area contributed by atoms with Crippen LogP contribution in [0.4, 0.5) is 0 Å². The number of unbranched alkanes of at least 4 members (excludes halogenated alkanes) is 9. The maximum Gasteiger partial charge on any atom is 0.328 e. The van der Waals surface area contributed by atoms with Gasteiger partial charge in [0.2, 0.25) is 5.78 Å². The van der Waals surface area contributed by atoms with Gasteiger partial charge in [-0.2, -0.15) is 0 Å². The smallest absolute Gasteiger partial charge is 0.328 e. The van der Waals surface area contributed by atoms with Gasteiger partial charge in [0.25, 0.3) is 0 Å². The molecule has 0 fully saturated rings. The fourth-order valence-corrected chi connectivity index (χ4v) is 2.42. The van der Waals surface area contributed by atoms with Crippen molar-refractivity contribution in [2.24, 2.45) is 0 Å². The number of carbonyl (C=O) groups is 3. The topological polar surface area (TPSA) is 71.4 Å². The van der Waals surface area contributed by atoms with E-state index in [9.17, 15) is 14.4 Å². The van der Waals surface area contributed by atoms with E-state index >= 15 is 0 Å². The van der Waals surface area contributed by atoms with Gasteiger partial charge in [0.15, 0.2) is 5.78 Å². The van der Waals surface area contributed by atoms with Crippen LogP contribution in [0.1, 0.15) is 84.0 Å². The lowest BCUT2D eigenvalue weighted by Gasteiger charge is -2.02. The first kappa shape index (κ1) is 22.3. The third-order valence-electron chi connectivity index (χ3n) is 3.86. The van der Waals surface area contributed by atoms with Crippen LogP contribution in [0.25, 0.3) is 0 Å². The summed E-state index contributed by atoms with van der Waals surface area (Å²) in [6, 6.07) is 0. The van der Waals surface area contributed by atoms with Crippen LogP contribution in [0.2, 0.25) is 0 Å². The fourth-order valence-electron chi connectivity index (χ4n) is 2.42. The Hall–Kier alpha value is -1.71. The standard InChI is InChI=1S/C20H32O4/c1-2-3-4-5-6-7-8-9-10-12-15-18(21)19(22)16-13-11-14-17-20(23)24/h11,13-14,17H,2-10,12,15-16H2,1H3,(H,23,24). The monoisotopic (exact) mass is 336 g/mol. The summed E-state index contributed by atoms with van der Waals surface area (Å²) in [4.78, 5) is 33.5. The molecule has 0 bridgehead atoms. The van der Waals surface area contributed by atoms with Gasteiger partial charge in [-0.3, -0.25) is 9.59 Å². The molecule has 4 nitrogen and oxygen atoms in total. The van der Waals surface area contributed by atoms with Crippen molar-refractivity contribution in [2.75, 3.05) is 0 Å². The number of allylic oxidation sites excluding steroid dienone is 3. The molecule has 1 N–H and O–H groups in total. The summed E-state index contributed by atoms with van der Waals surface area (Å²) in [6.45, 7) is 2.22. The van der Waals surface area contributed by atoms with Crippen LogP contribution in [0.15, 0.2) is 24.3 Å². The van der Waals surface area contributed by atoms with Gasteiger partial charge >= 0.3 is 5.97 Å². The second kappa shape index (κ2) is 16.2. The molecular formula is C20H32O4. The van der Waals surface area contributed by atoms with Crippen LogP contribution in [-0.4, -0.2) is 22.6 Å². The van der Waals surface area contributed by atoms with E-state index in [-0.39, 0.29) is 12.2 Å². The molecule has 0 aliphatic carbocycles. The van der Waals surface area contributed by atoms with Gasteiger partial charge in [0, 0.05) is 18.9 Å². The Balaban J connectivity index is 3.54. The van der Waals surface area contributed by atoms with Gasteiger partial charge in [-0.25, -0.2) is 4.79 Å². The molecule has 0 heterocycles.